The van der Waals surface area contributed by atoms with Gasteiger partial charge in [0.1, 0.15) is 5.75 Å². The summed E-state index contributed by atoms with van der Waals surface area (Å²) in [6, 6.07) is 9.96. The normalized spacial score (nSPS) is 19.0. The fourth-order valence-electron chi connectivity index (χ4n) is 4.49. The largest absolute Gasteiger partial charge is 0.497 e. The highest BCUT2D eigenvalue weighted by Crippen LogP contribution is 2.45. The third kappa shape index (κ3) is 3.80. The van der Waals surface area contributed by atoms with Crippen molar-refractivity contribution in [1.82, 2.24) is 20.0 Å². The number of nitrogens with zero attached hydrogens (tertiary/aromatic N) is 4. The van der Waals surface area contributed by atoms with E-state index < -0.39 is 0 Å². The number of likely N-dealkylation sites (tertiary alicyclic amines) is 1. The summed E-state index contributed by atoms with van der Waals surface area (Å²) in [6.45, 7) is 2.94. The van der Waals surface area contributed by atoms with Crippen LogP contribution in [0, 0.1) is 5.41 Å². The van der Waals surface area contributed by atoms with Crippen LogP contribution in [0.25, 0.3) is 5.69 Å². The Kier molecular flexibility index (Phi) is 5.05. The number of benzene rings is 1. The van der Waals surface area contributed by atoms with E-state index in [-0.39, 0.29) is 0 Å². The van der Waals surface area contributed by atoms with Crippen LogP contribution in [0.15, 0.2) is 41.5 Å². The summed E-state index contributed by atoms with van der Waals surface area (Å²) in [5, 5.41) is 8.18. The zero-order valence-corrected chi connectivity index (χ0v) is 16.3. The van der Waals surface area contributed by atoms with Crippen LogP contribution in [-0.4, -0.2) is 47.9 Å². The topological polar surface area (TPSA) is 54.7 Å². The highest BCUT2D eigenvalue weighted by Gasteiger charge is 2.41. The molecule has 0 radical (unpaired) electrons. The van der Waals surface area contributed by atoms with Crippen molar-refractivity contribution in [2.45, 2.75) is 38.6 Å². The maximum absolute atomic E-state index is 5.21. The lowest BCUT2D eigenvalue weighted by Gasteiger charge is -2.25. The molecule has 1 aromatic heterocycles. The first-order valence-electron chi connectivity index (χ1n) is 9.86. The molecule has 144 valence electrons. The van der Waals surface area contributed by atoms with Gasteiger partial charge in [0, 0.05) is 26.3 Å². The minimum Gasteiger partial charge on any atom is -0.497 e. The molecular weight excluding hydrogens is 338 g/mol. The number of rotatable bonds is 4. The lowest BCUT2D eigenvalue weighted by molar-refractivity contribution is 0.309. The molecule has 6 heteroatoms. The summed E-state index contributed by atoms with van der Waals surface area (Å²) in [6.07, 6.45) is 8.84. The average Bonchev–Trinajstić information content (AvgIpc) is 3.45. The van der Waals surface area contributed by atoms with Gasteiger partial charge in [0.2, 0.25) is 0 Å². The minimum atomic E-state index is 0.549. The molecule has 1 N–H and O–H groups in total. The highest BCUT2D eigenvalue weighted by molar-refractivity contribution is 5.80. The Balaban J connectivity index is 1.36. The first kappa shape index (κ1) is 17.9. The van der Waals surface area contributed by atoms with Gasteiger partial charge in [-0.2, -0.15) is 5.10 Å². The van der Waals surface area contributed by atoms with Crippen LogP contribution in [0.4, 0.5) is 0 Å². The van der Waals surface area contributed by atoms with E-state index in [0.29, 0.717) is 12.0 Å². The molecule has 27 heavy (non-hydrogen) atoms. The second-order valence-electron chi connectivity index (χ2n) is 7.73. The van der Waals surface area contributed by atoms with Crippen molar-refractivity contribution < 1.29 is 4.74 Å². The highest BCUT2D eigenvalue weighted by atomic mass is 16.5. The van der Waals surface area contributed by atoms with Crippen molar-refractivity contribution in [1.29, 1.82) is 0 Å². The second kappa shape index (κ2) is 7.62. The number of methoxy groups -OCH3 is 1. The maximum Gasteiger partial charge on any atom is 0.193 e. The van der Waals surface area contributed by atoms with E-state index in [4.69, 9.17) is 4.74 Å². The summed E-state index contributed by atoms with van der Waals surface area (Å²) < 4.78 is 7.10. The Morgan fingerprint density at radius 1 is 1.19 bits per heavy atom. The molecule has 1 aliphatic carbocycles. The zero-order valence-electron chi connectivity index (χ0n) is 16.3. The van der Waals surface area contributed by atoms with E-state index in [0.717, 1.165) is 36.2 Å². The van der Waals surface area contributed by atoms with Crippen molar-refractivity contribution in [3.8, 4) is 11.4 Å². The van der Waals surface area contributed by atoms with Crippen molar-refractivity contribution in [3.05, 3.63) is 42.2 Å². The molecule has 4 rings (SSSR count). The van der Waals surface area contributed by atoms with E-state index >= 15 is 0 Å². The Morgan fingerprint density at radius 2 is 1.96 bits per heavy atom. The van der Waals surface area contributed by atoms with Gasteiger partial charge >= 0.3 is 0 Å². The molecule has 1 aliphatic heterocycles. The third-order valence-electron chi connectivity index (χ3n) is 6.02. The summed E-state index contributed by atoms with van der Waals surface area (Å²) in [5.41, 5.74) is 2.57. The fourth-order valence-corrected chi connectivity index (χ4v) is 4.49. The lowest BCUT2D eigenvalue weighted by atomic mass is 9.86. The number of ether oxygens (including phenoxy) is 1. The standard InChI is InChI=1S/C21H29N5O/c1-22-20(25-14-12-21(16-25)10-3-4-11-21)23-15-17-9-13-26(24-17)18-5-7-19(27-2)8-6-18/h5-9,13H,3-4,10-12,14-16H2,1-2H3,(H,22,23). The lowest BCUT2D eigenvalue weighted by Crippen LogP contribution is -2.40. The number of hydrogen-bond donors (Lipinski definition) is 1. The molecule has 2 aliphatic rings. The van der Waals surface area contributed by atoms with E-state index in [2.05, 4.69) is 20.3 Å². The molecule has 0 atom stereocenters. The van der Waals surface area contributed by atoms with Gasteiger partial charge in [-0.15, -0.1) is 0 Å². The third-order valence-corrected chi connectivity index (χ3v) is 6.02. The monoisotopic (exact) mass is 367 g/mol. The first-order chi connectivity index (χ1) is 13.2. The molecule has 1 saturated heterocycles. The van der Waals surface area contributed by atoms with Gasteiger partial charge < -0.3 is 15.0 Å². The summed E-state index contributed by atoms with van der Waals surface area (Å²) in [7, 11) is 3.55. The maximum atomic E-state index is 5.21. The molecule has 1 saturated carbocycles. The van der Waals surface area contributed by atoms with Gasteiger partial charge in [-0.1, -0.05) is 12.8 Å². The van der Waals surface area contributed by atoms with Crippen LogP contribution in [0.2, 0.25) is 0 Å². The number of aromatic nitrogens is 2. The number of hydrogen-bond acceptors (Lipinski definition) is 3. The Hall–Kier alpha value is -2.50. The van der Waals surface area contributed by atoms with Crippen LogP contribution in [0.3, 0.4) is 0 Å². The smallest absolute Gasteiger partial charge is 0.193 e. The van der Waals surface area contributed by atoms with Crippen LogP contribution in [0.1, 0.15) is 37.8 Å². The van der Waals surface area contributed by atoms with Crippen molar-refractivity contribution in [3.63, 3.8) is 0 Å². The van der Waals surface area contributed by atoms with Gasteiger partial charge in [-0.25, -0.2) is 4.68 Å². The minimum absolute atomic E-state index is 0.549. The first-order valence-corrected chi connectivity index (χ1v) is 9.86. The summed E-state index contributed by atoms with van der Waals surface area (Å²) >= 11 is 0. The van der Waals surface area contributed by atoms with Crippen LogP contribution in [-0.2, 0) is 6.54 Å². The predicted molar refractivity (Wildman–Crippen MR) is 107 cm³/mol. The molecule has 2 heterocycles. The van der Waals surface area contributed by atoms with Gasteiger partial charge in [0.05, 0.1) is 25.0 Å². The number of aliphatic imine (C=N–C) groups is 1. The van der Waals surface area contributed by atoms with Crippen LogP contribution >= 0.6 is 0 Å². The molecule has 0 bridgehead atoms. The Morgan fingerprint density at radius 3 is 2.67 bits per heavy atom. The van der Waals surface area contributed by atoms with Gasteiger partial charge in [-0.05, 0) is 55.0 Å². The van der Waals surface area contributed by atoms with E-state index in [1.54, 1.807) is 7.11 Å². The fraction of sp³-hybridized carbons (Fsp3) is 0.524. The van der Waals surface area contributed by atoms with Gasteiger partial charge in [0.15, 0.2) is 5.96 Å². The molecule has 1 spiro atoms. The Bertz CT molecular complexity index is 789. The number of guanidine groups is 1. The average molecular weight is 367 g/mol. The van der Waals surface area contributed by atoms with Crippen molar-refractivity contribution >= 4 is 5.96 Å². The quantitative estimate of drug-likeness (QED) is 0.666. The second-order valence-corrected chi connectivity index (χ2v) is 7.73. The summed E-state index contributed by atoms with van der Waals surface area (Å²) in [4.78, 5) is 6.93. The molecule has 6 nitrogen and oxygen atoms in total. The molecule has 2 aromatic rings. The molecule has 2 fully saturated rings. The van der Waals surface area contributed by atoms with E-state index in [1.807, 2.05) is 48.3 Å². The van der Waals surface area contributed by atoms with Gasteiger partial charge in [-0.3, -0.25) is 4.99 Å². The van der Waals surface area contributed by atoms with Crippen molar-refractivity contribution in [2.75, 3.05) is 27.2 Å². The Labute approximate surface area is 161 Å². The molecule has 1 aromatic carbocycles. The molecule has 0 unspecified atom stereocenters. The van der Waals surface area contributed by atoms with E-state index in [9.17, 15) is 0 Å². The van der Waals surface area contributed by atoms with Crippen LogP contribution < -0.4 is 10.1 Å². The summed E-state index contributed by atoms with van der Waals surface area (Å²) in [5.74, 6) is 1.85. The molecular formula is C21H29N5O. The number of nitrogens with one attached hydrogen (secondary N) is 1. The SMILES string of the molecule is CN=C(NCc1ccn(-c2ccc(OC)cc2)n1)N1CCC2(CCCC2)C1. The van der Waals surface area contributed by atoms with Gasteiger partial charge in [0.25, 0.3) is 0 Å². The van der Waals surface area contributed by atoms with Crippen LogP contribution in [0.5, 0.6) is 5.75 Å². The van der Waals surface area contributed by atoms with E-state index in [1.165, 1.54) is 32.1 Å². The molecule has 0 amide bonds. The predicted octanol–water partition coefficient (Wildman–Crippen LogP) is 3.22. The van der Waals surface area contributed by atoms with Crippen molar-refractivity contribution in [2.24, 2.45) is 10.4 Å². The zero-order chi connectivity index (χ0) is 18.7.